The molecule has 0 bridgehead atoms. The average molecular weight is 1100 g/mol. The molecule has 4 aliphatic carbocycles. The first-order valence-electron chi connectivity index (χ1n) is 27.9. The maximum atomic E-state index is 11.5. The van der Waals surface area contributed by atoms with Gasteiger partial charge < -0.3 is 15.8 Å². The highest BCUT2D eigenvalue weighted by atomic mass is 32.1. The molecule has 0 radical (unpaired) electrons. The molecule has 0 spiro atoms. The number of nitrogens with zero attached hydrogens (tertiary/aromatic N) is 1. The number of thiophene rings is 5. The van der Waals surface area contributed by atoms with E-state index in [1.165, 1.54) is 111 Å². The average Bonchev–Trinajstić information content (AvgIpc) is 4.30. The number of carbonyl (C=O) groups excluding carboxylic acids is 4. The second-order valence-corrected chi connectivity index (χ2v) is 24.7. The maximum Gasteiger partial charge on any atom is 0.220 e. The molecule has 4 unspecified atom stereocenters. The third-order valence-corrected chi connectivity index (χ3v) is 18.4. The van der Waals surface area contributed by atoms with Crippen molar-refractivity contribution in [2.75, 3.05) is 6.54 Å². The fourth-order valence-electron chi connectivity index (χ4n) is 10.5. The molecule has 5 aromatic heterocycles. The topological polar surface area (TPSA) is 125 Å². The zero-order valence-electron chi connectivity index (χ0n) is 43.8. The summed E-state index contributed by atoms with van der Waals surface area (Å²) in [5.41, 5.74) is 8.77. The Morgan fingerprint density at radius 3 is 1.57 bits per heavy atom. The molecule has 13 heteroatoms. The molecule has 1 amide bonds. The van der Waals surface area contributed by atoms with Gasteiger partial charge in [-0.05, 0) is 246 Å². The first-order valence-corrected chi connectivity index (χ1v) is 32.6. The summed E-state index contributed by atoms with van der Waals surface area (Å²) in [5, 5.41) is 40.4. The van der Waals surface area contributed by atoms with Crippen molar-refractivity contribution in [2.24, 2.45) is 17.0 Å². The minimum Gasteiger partial charge on any atom is -0.411 e. The van der Waals surface area contributed by atoms with Crippen molar-refractivity contribution in [2.45, 2.75) is 198 Å². The molecule has 6 fully saturated rings. The first kappa shape index (κ1) is 59.4. The van der Waals surface area contributed by atoms with E-state index in [1.54, 1.807) is 56.7 Å². The van der Waals surface area contributed by atoms with Crippen LogP contribution in [0, 0.1) is 11.8 Å². The molecular weight excluding hydrogens is 1020 g/mol. The number of amides is 1. The molecule has 6 aliphatic rings. The second kappa shape index (κ2) is 35.5. The summed E-state index contributed by atoms with van der Waals surface area (Å²) >= 11 is 8.65. The fourth-order valence-corrected chi connectivity index (χ4v) is 13.8. The van der Waals surface area contributed by atoms with Crippen LogP contribution in [0.4, 0.5) is 0 Å². The van der Waals surface area contributed by atoms with Gasteiger partial charge in [0.2, 0.25) is 5.91 Å². The number of ketones is 3. The van der Waals surface area contributed by atoms with E-state index in [-0.39, 0.29) is 5.91 Å². The smallest absolute Gasteiger partial charge is 0.220 e. The zero-order chi connectivity index (χ0) is 51.8. The minimum absolute atomic E-state index is 0.225. The lowest BCUT2D eigenvalue weighted by molar-refractivity contribution is -0.124. The van der Waals surface area contributed by atoms with E-state index in [0.717, 1.165) is 120 Å². The fraction of sp³-hybridized carbons (Fsp3) is 0.557. The molecule has 74 heavy (non-hydrogen) atoms. The summed E-state index contributed by atoms with van der Waals surface area (Å²) in [4.78, 5) is 44.8. The van der Waals surface area contributed by atoms with Crippen molar-refractivity contribution in [3.8, 4) is 0 Å². The number of hydrogen-bond acceptors (Lipinski definition) is 12. The number of carbonyl (C=O) groups is 4. The lowest BCUT2D eigenvalue weighted by Gasteiger charge is -2.22. The van der Waals surface area contributed by atoms with Crippen LogP contribution in [0.15, 0.2) is 94.9 Å². The molecule has 3 N–H and O–H groups in total. The Bertz CT molecular complexity index is 2320. The summed E-state index contributed by atoms with van der Waals surface area (Å²) in [6, 6.07) is 11.8. The number of hydrogen-bond donors (Lipinski definition) is 3. The van der Waals surface area contributed by atoms with Gasteiger partial charge in [0, 0.05) is 56.0 Å². The monoisotopic (exact) mass is 1100 g/mol. The van der Waals surface area contributed by atoms with E-state index in [4.69, 9.17) is 5.21 Å². The van der Waals surface area contributed by atoms with Gasteiger partial charge in [-0.1, -0.05) is 43.7 Å². The molecule has 4 atom stereocenters. The Kier molecular flexibility index (Phi) is 28.5. The third kappa shape index (κ3) is 23.6. The van der Waals surface area contributed by atoms with Crippen LogP contribution in [-0.4, -0.2) is 52.8 Å². The largest absolute Gasteiger partial charge is 0.411 e. The first-order chi connectivity index (χ1) is 36.3. The van der Waals surface area contributed by atoms with Gasteiger partial charge in [-0.25, -0.2) is 0 Å². The predicted octanol–water partition coefficient (Wildman–Crippen LogP) is 16.3. The van der Waals surface area contributed by atoms with Crippen LogP contribution in [0.1, 0.15) is 188 Å². The van der Waals surface area contributed by atoms with E-state index in [0.29, 0.717) is 41.6 Å². The van der Waals surface area contributed by atoms with Crippen molar-refractivity contribution in [3.05, 3.63) is 118 Å². The molecule has 2 aliphatic heterocycles. The van der Waals surface area contributed by atoms with Gasteiger partial charge >= 0.3 is 0 Å². The quantitative estimate of drug-likeness (QED) is 0.0767. The van der Waals surface area contributed by atoms with Crippen LogP contribution in [0.5, 0.6) is 0 Å². The van der Waals surface area contributed by atoms with Gasteiger partial charge in [0.05, 0.1) is 5.71 Å². The number of oxime groups is 1. The van der Waals surface area contributed by atoms with Crippen molar-refractivity contribution in [1.29, 1.82) is 0 Å². The molecule has 0 aromatic carbocycles. The lowest BCUT2D eigenvalue weighted by Crippen LogP contribution is -2.34. The summed E-state index contributed by atoms with van der Waals surface area (Å²) in [6.45, 7) is 1.22. The van der Waals surface area contributed by atoms with E-state index in [2.05, 4.69) is 94.5 Å². The van der Waals surface area contributed by atoms with E-state index in [1.807, 2.05) is 11.5 Å². The summed E-state index contributed by atoms with van der Waals surface area (Å²) in [5.74, 6) is 2.32. The molecular formula is C61H83N3O5S5. The van der Waals surface area contributed by atoms with Crippen LogP contribution in [-0.2, 0) is 44.9 Å². The Labute approximate surface area is 463 Å². The Morgan fingerprint density at radius 2 is 0.986 bits per heavy atom. The number of rotatable bonds is 9. The van der Waals surface area contributed by atoms with Crippen LogP contribution >= 0.6 is 56.7 Å². The molecule has 7 heterocycles. The van der Waals surface area contributed by atoms with Gasteiger partial charge in [-0.15, -0.1) is 0 Å². The summed E-state index contributed by atoms with van der Waals surface area (Å²) in [6.07, 6.45) is 33.9. The molecule has 11 rings (SSSR count). The van der Waals surface area contributed by atoms with Gasteiger partial charge in [-0.2, -0.15) is 56.7 Å². The van der Waals surface area contributed by atoms with Crippen LogP contribution in [0.3, 0.4) is 0 Å². The van der Waals surface area contributed by atoms with Crippen molar-refractivity contribution in [1.82, 2.24) is 10.6 Å². The van der Waals surface area contributed by atoms with Crippen molar-refractivity contribution < 1.29 is 24.4 Å². The van der Waals surface area contributed by atoms with Gasteiger partial charge in [0.15, 0.2) is 5.78 Å². The van der Waals surface area contributed by atoms with Crippen molar-refractivity contribution in [3.63, 3.8) is 0 Å². The van der Waals surface area contributed by atoms with Crippen LogP contribution < -0.4 is 10.6 Å². The maximum absolute atomic E-state index is 11.5. The normalized spacial score (nSPS) is 23.3. The summed E-state index contributed by atoms with van der Waals surface area (Å²) < 4.78 is 0. The second-order valence-electron chi connectivity index (χ2n) is 20.8. The number of allylic oxidation sites excluding steroid dienone is 1. The Morgan fingerprint density at radius 1 is 0.486 bits per heavy atom. The van der Waals surface area contributed by atoms with Gasteiger partial charge in [-0.3, -0.25) is 19.2 Å². The molecule has 8 nitrogen and oxygen atoms in total. The standard InChI is InChI=1S/2C11H15NOS.C11H17NS.C11H14OS.C11H12OS.C6H10O/c13-11-4-2-1-3-10(12-11)7-9-5-6-14-8-9;13-12-11-4-2-1-3-10(11)7-9-5-6-14-8-9;1-2-4-11(12-6-3-1)8-10-5-7-13-9-10;2*12-11-4-2-1-3-10(11)7-9-5-6-13-8-9;7-6-4-2-1-3-5-6/h5-6,8,10H,1-4,7H2,(H,12,13);5-6,8,10,13H,1-4,7H2;5,7,9,11-12H,1-4,6,8H2;5-6,8,10H,1-4,7H2;5-8H,1-4H2;1-5H2/b;;;;10-7+;. The van der Waals surface area contributed by atoms with Crippen LogP contribution in [0.25, 0.3) is 6.08 Å². The number of nitrogens with one attached hydrogen (secondary N) is 2. The molecule has 2 saturated heterocycles. The van der Waals surface area contributed by atoms with Crippen LogP contribution in [0.2, 0.25) is 0 Å². The van der Waals surface area contributed by atoms with Gasteiger partial charge in [0.25, 0.3) is 0 Å². The highest BCUT2D eigenvalue weighted by Crippen LogP contribution is 2.27. The highest BCUT2D eigenvalue weighted by Gasteiger charge is 2.23. The third-order valence-electron chi connectivity index (χ3n) is 14.8. The minimum atomic E-state index is 0.225. The Hall–Kier alpha value is -3.85. The molecule has 5 aromatic rings. The Balaban J connectivity index is 0.000000146. The van der Waals surface area contributed by atoms with E-state index in [9.17, 15) is 19.2 Å². The zero-order valence-corrected chi connectivity index (χ0v) is 47.9. The number of Topliss-reactive ketones (excluding diaryl/α,β-unsaturated/α-hetero) is 3. The SMILES string of the molecule is O=C1CCCC/C1=C\c1ccsc1.O=C1CCCCC(Cc2ccsc2)N1.O=C1CCCCC1.O=C1CCCCC1Cc1ccsc1.ON=C1CCCCC1Cc1ccsc1.c1cc(CC2CCCCCN2)cs1. The highest BCUT2D eigenvalue weighted by molar-refractivity contribution is 7.09. The predicted molar refractivity (Wildman–Crippen MR) is 315 cm³/mol. The van der Waals surface area contributed by atoms with Crippen molar-refractivity contribution >= 4 is 91.7 Å². The molecule has 4 saturated carbocycles. The lowest BCUT2D eigenvalue weighted by atomic mass is 9.84. The molecule has 402 valence electrons. The summed E-state index contributed by atoms with van der Waals surface area (Å²) in [7, 11) is 0. The van der Waals surface area contributed by atoms with E-state index < -0.39 is 0 Å². The van der Waals surface area contributed by atoms with E-state index >= 15 is 0 Å². The van der Waals surface area contributed by atoms with Gasteiger partial charge in [0.1, 0.15) is 11.6 Å².